The van der Waals surface area contributed by atoms with Crippen LogP contribution < -0.4 is 21.5 Å². The van der Waals surface area contributed by atoms with E-state index in [-0.39, 0.29) is 0 Å². The molecule has 1 aromatic carbocycles. The van der Waals surface area contributed by atoms with Gasteiger partial charge in [-0.2, -0.15) is 0 Å². The van der Waals surface area contributed by atoms with E-state index in [9.17, 15) is 0 Å². The lowest BCUT2D eigenvalue weighted by Crippen LogP contribution is -2.01. The van der Waals surface area contributed by atoms with Crippen LogP contribution in [0.5, 0.6) is 5.75 Å². The minimum atomic E-state index is 0.580. The standard InChI is InChI=1S/C8H13N3O/c1-11-7-5(9)3-4-6(10)8(7)12-2/h3-4,11H,9-10H2,1-2H3. The van der Waals surface area contributed by atoms with Crippen LogP contribution in [0.3, 0.4) is 0 Å². The molecule has 0 aliphatic rings. The molecule has 4 nitrogen and oxygen atoms in total. The normalized spacial score (nSPS) is 9.50. The van der Waals surface area contributed by atoms with E-state index < -0.39 is 0 Å². The first-order valence-electron chi connectivity index (χ1n) is 3.60. The van der Waals surface area contributed by atoms with Crippen LogP contribution in [-0.2, 0) is 0 Å². The molecule has 0 heterocycles. The third-order valence-electron chi connectivity index (χ3n) is 1.67. The number of anilines is 3. The molecule has 1 aromatic rings. The zero-order valence-corrected chi connectivity index (χ0v) is 7.22. The van der Waals surface area contributed by atoms with Gasteiger partial charge in [-0.25, -0.2) is 0 Å². The van der Waals surface area contributed by atoms with Gasteiger partial charge in [-0.05, 0) is 12.1 Å². The zero-order chi connectivity index (χ0) is 9.14. The monoisotopic (exact) mass is 167 g/mol. The minimum Gasteiger partial charge on any atom is -0.492 e. The predicted octanol–water partition coefficient (Wildman–Crippen LogP) is 0.901. The molecule has 5 N–H and O–H groups in total. The summed E-state index contributed by atoms with van der Waals surface area (Å²) in [6.45, 7) is 0. The van der Waals surface area contributed by atoms with E-state index in [4.69, 9.17) is 16.2 Å². The van der Waals surface area contributed by atoms with E-state index >= 15 is 0 Å². The van der Waals surface area contributed by atoms with Gasteiger partial charge in [0.15, 0.2) is 5.75 Å². The second-order valence-electron chi connectivity index (χ2n) is 2.40. The summed E-state index contributed by atoms with van der Waals surface area (Å²) in [5, 5.41) is 2.93. The summed E-state index contributed by atoms with van der Waals surface area (Å²) in [6, 6.07) is 3.46. The molecule has 0 radical (unpaired) electrons. The zero-order valence-electron chi connectivity index (χ0n) is 7.22. The molecule has 0 spiro atoms. The Morgan fingerprint density at radius 2 is 1.83 bits per heavy atom. The molecule has 0 aromatic heterocycles. The van der Waals surface area contributed by atoms with Crippen LogP contribution in [0.25, 0.3) is 0 Å². The van der Waals surface area contributed by atoms with Crippen molar-refractivity contribution < 1.29 is 4.74 Å². The van der Waals surface area contributed by atoms with Crippen LogP contribution in [0.1, 0.15) is 0 Å². The summed E-state index contributed by atoms with van der Waals surface area (Å²) in [5.41, 5.74) is 13.3. The van der Waals surface area contributed by atoms with E-state index in [0.717, 1.165) is 5.69 Å². The predicted molar refractivity (Wildman–Crippen MR) is 51.4 cm³/mol. The third-order valence-corrected chi connectivity index (χ3v) is 1.67. The Morgan fingerprint density at radius 1 is 1.25 bits per heavy atom. The molecule has 0 bridgehead atoms. The largest absolute Gasteiger partial charge is 0.492 e. The molecular formula is C8H13N3O. The Bertz CT molecular complexity index is 257. The van der Waals surface area contributed by atoms with Gasteiger partial charge in [0.05, 0.1) is 18.5 Å². The van der Waals surface area contributed by atoms with Crippen LogP contribution >= 0.6 is 0 Å². The number of nitrogens with two attached hydrogens (primary N) is 2. The number of ether oxygens (including phenoxy) is 1. The molecule has 4 heteroatoms. The van der Waals surface area contributed by atoms with Crippen LogP contribution in [0.15, 0.2) is 12.1 Å². The van der Waals surface area contributed by atoms with E-state index in [1.54, 1.807) is 26.3 Å². The van der Waals surface area contributed by atoms with Gasteiger partial charge in [0.2, 0.25) is 0 Å². The maximum Gasteiger partial charge on any atom is 0.166 e. The smallest absolute Gasteiger partial charge is 0.166 e. The summed E-state index contributed by atoms with van der Waals surface area (Å²) in [6.07, 6.45) is 0. The van der Waals surface area contributed by atoms with E-state index in [0.29, 0.717) is 17.1 Å². The first-order valence-corrected chi connectivity index (χ1v) is 3.60. The Hall–Kier alpha value is -1.58. The van der Waals surface area contributed by atoms with Crippen molar-refractivity contribution in [2.24, 2.45) is 0 Å². The summed E-state index contributed by atoms with van der Waals surface area (Å²) in [4.78, 5) is 0. The van der Waals surface area contributed by atoms with Gasteiger partial charge in [-0.15, -0.1) is 0 Å². The topological polar surface area (TPSA) is 73.3 Å². The van der Waals surface area contributed by atoms with Gasteiger partial charge in [-0.3, -0.25) is 0 Å². The average molecular weight is 167 g/mol. The van der Waals surface area contributed by atoms with Crippen molar-refractivity contribution in [2.45, 2.75) is 0 Å². The fourth-order valence-corrected chi connectivity index (χ4v) is 1.09. The highest BCUT2D eigenvalue weighted by Gasteiger charge is 2.07. The number of nitrogen functional groups attached to an aromatic ring is 2. The Labute approximate surface area is 71.5 Å². The van der Waals surface area contributed by atoms with Crippen LogP contribution in [-0.4, -0.2) is 14.2 Å². The second-order valence-corrected chi connectivity index (χ2v) is 2.40. The molecule has 0 saturated heterocycles. The van der Waals surface area contributed by atoms with E-state index in [1.165, 1.54) is 0 Å². The SMILES string of the molecule is CNc1c(N)ccc(N)c1OC. The highest BCUT2D eigenvalue weighted by atomic mass is 16.5. The molecule has 1 rings (SSSR count). The first kappa shape index (κ1) is 8.52. The highest BCUT2D eigenvalue weighted by Crippen LogP contribution is 2.35. The Kier molecular flexibility index (Phi) is 2.28. The fourth-order valence-electron chi connectivity index (χ4n) is 1.09. The summed E-state index contributed by atoms with van der Waals surface area (Å²) < 4.78 is 5.08. The maximum atomic E-state index is 5.68. The number of nitrogens with one attached hydrogen (secondary N) is 1. The molecule has 0 unspecified atom stereocenters. The van der Waals surface area contributed by atoms with Crippen LogP contribution in [0.4, 0.5) is 17.1 Å². The van der Waals surface area contributed by atoms with Crippen molar-refractivity contribution >= 4 is 17.1 Å². The molecule has 0 aliphatic heterocycles. The number of hydrogen-bond donors (Lipinski definition) is 3. The molecule has 0 atom stereocenters. The fraction of sp³-hybridized carbons (Fsp3) is 0.250. The van der Waals surface area contributed by atoms with Crippen molar-refractivity contribution in [3.8, 4) is 5.75 Å². The Balaban J connectivity index is 3.28. The number of hydrogen-bond acceptors (Lipinski definition) is 4. The number of benzene rings is 1. The quantitative estimate of drug-likeness (QED) is 0.572. The average Bonchev–Trinajstić information content (AvgIpc) is 2.08. The van der Waals surface area contributed by atoms with Gasteiger partial charge >= 0.3 is 0 Å². The molecule has 0 amide bonds. The first-order chi connectivity index (χ1) is 5.70. The van der Waals surface area contributed by atoms with Crippen LogP contribution in [0, 0.1) is 0 Å². The minimum absolute atomic E-state index is 0.580. The van der Waals surface area contributed by atoms with Gasteiger partial charge in [0, 0.05) is 7.05 Å². The van der Waals surface area contributed by atoms with Crippen molar-refractivity contribution in [3.63, 3.8) is 0 Å². The highest BCUT2D eigenvalue weighted by molar-refractivity contribution is 5.80. The van der Waals surface area contributed by atoms with Gasteiger partial charge in [0.25, 0.3) is 0 Å². The molecular weight excluding hydrogens is 154 g/mol. The lowest BCUT2D eigenvalue weighted by Gasteiger charge is -2.12. The van der Waals surface area contributed by atoms with E-state index in [1.807, 2.05) is 0 Å². The van der Waals surface area contributed by atoms with Crippen molar-refractivity contribution in [1.29, 1.82) is 0 Å². The molecule has 12 heavy (non-hydrogen) atoms. The molecule has 0 aliphatic carbocycles. The lowest BCUT2D eigenvalue weighted by molar-refractivity contribution is 0.419. The van der Waals surface area contributed by atoms with Crippen molar-refractivity contribution in [1.82, 2.24) is 0 Å². The van der Waals surface area contributed by atoms with E-state index in [2.05, 4.69) is 5.32 Å². The molecule has 66 valence electrons. The number of methoxy groups -OCH3 is 1. The lowest BCUT2D eigenvalue weighted by atomic mass is 10.2. The molecule has 0 fully saturated rings. The summed E-state index contributed by atoms with van der Waals surface area (Å²) >= 11 is 0. The maximum absolute atomic E-state index is 5.68. The van der Waals surface area contributed by atoms with Crippen molar-refractivity contribution in [3.05, 3.63) is 12.1 Å². The van der Waals surface area contributed by atoms with Crippen LogP contribution in [0.2, 0.25) is 0 Å². The van der Waals surface area contributed by atoms with Gasteiger partial charge < -0.3 is 21.5 Å². The molecule has 0 saturated carbocycles. The third kappa shape index (κ3) is 1.23. The second kappa shape index (κ2) is 3.21. The van der Waals surface area contributed by atoms with Crippen molar-refractivity contribution in [2.75, 3.05) is 30.9 Å². The van der Waals surface area contributed by atoms with Gasteiger partial charge in [-0.1, -0.05) is 0 Å². The Morgan fingerprint density at radius 3 is 2.25 bits per heavy atom. The summed E-state index contributed by atoms with van der Waals surface area (Å²) in [5.74, 6) is 0.595. The summed E-state index contributed by atoms with van der Waals surface area (Å²) in [7, 11) is 3.33. The number of rotatable bonds is 2. The van der Waals surface area contributed by atoms with Gasteiger partial charge in [0.1, 0.15) is 5.69 Å².